The highest BCUT2D eigenvalue weighted by molar-refractivity contribution is 5.49. The number of hydrogen-bond acceptors (Lipinski definition) is 3. The lowest BCUT2D eigenvalue weighted by Gasteiger charge is -2.15. The van der Waals surface area contributed by atoms with E-state index in [1.807, 2.05) is 19.1 Å². The molecule has 0 aliphatic heterocycles. The Hall–Kier alpha value is -2.54. The van der Waals surface area contributed by atoms with E-state index in [9.17, 15) is 9.90 Å². The molecule has 1 aromatic heterocycles. The van der Waals surface area contributed by atoms with Crippen molar-refractivity contribution in [3.05, 3.63) is 57.4 Å². The summed E-state index contributed by atoms with van der Waals surface area (Å²) in [6.07, 6.45) is 0.555. The van der Waals surface area contributed by atoms with Gasteiger partial charge in [-0.1, -0.05) is 25.1 Å². The topological polar surface area (TPSA) is 66.0 Å². The number of para-hydroxylation sites is 1. The second kappa shape index (κ2) is 4.99. The van der Waals surface area contributed by atoms with Crippen molar-refractivity contribution in [2.24, 2.45) is 0 Å². The quantitative estimate of drug-likeness (QED) is 0.894. The third-order valence-electron chi connectivity index (χ3n) is 3.21. The number of pyridine rings is 1. The van der Waals surface area contributed by atoms with E-state index in [1.54, 1.807) is 31.2 Å². The minimum absolute atomic E-state index is 0.0819. The molecule has 0 fully saturated rings. The largest absolute Gasteiger partial charge is 0.494 e. The molecule has 19 heavy (non-hydrogen) atoms. The lowest BCUT2D eigenvalue weighted by Crippen LogP contribution is -2.23. The van der Waals surface area contributed by atoms with E-state index in [0.717, 1.165) is 0 Å². The van der Waals surface area contributed by atoms with E-state index in [-0.39, 0.29) is 11.4 Å². The number of benzene rings is 1. The maximum atomic E-state index is 12.3. The molecule has 0 radical (unpaired) electrons. The molecule has 1 aromatic carbocycles. The zero-order chi connectivity index (χ0) is 14.0. The van der Waals surface area contributed by atoms with Crippen molar-refractivity contribution in [1.29, 1.82) is 5.26 Å². The highest BCUT2D eigenvalue weighted by Crippen LogP contribution is 2.24. The Morgan fingerprint density at radius 2 is 1.95 bits per heavy atom. The zero-order valence-corrected chi connectivity index (χ0v) is 10.8. The summed E-state index contributed by atoms with van der Waals surface area (Å²) in [5.74, 6) is -0.0878. The van der Waals surface area contributed by atoms with Gasteiger partial charge in [0.15, 0.2) is 0 Å². The molecule has 1 heterocycles. The summed E-state index contributed by atoms with van der Waals surface area (Å²) < 4.78 is 1.18. The molecule has 0 unspecified atom stereocenters. The Kier molecular flexibility index (Phi) is 3.39. The van der Waals surface area contributed by atoms with E-state index in [4.69, 9.17) is 5.26 Å². The maximum absolute atomic E-state index is 12.3. The van der Waals surface area contributed by atoms with Crippen LogP contribution in [0.1, 0.15) is 23.6 Å². The standard InChI is InChI=1S/C15H14N2O2/c1-3-12-10(2)13(9-16)15(19)17(14(12)18)11-7-5-4-6-8-11/h4-8,18H,3H2,1-2H3. The van der Waals surface area contributed by atoms with Crippen molar-refractivity contribution in [2.45, 2.75) is 20.3 Å². The van der Waals surface area contributed by atoms with Crippen LogP contribution in [0.2, 0.25) is 0 Å². The van der Waals surface area contributed by atoms with Crippen molar-refractivity contribution in [1.82, 2.24) is 4.57 Å². The van der Waals surface area contributed by atoms with Gasteiger partial charge in [-0.05, 0) is 31.0 Å². The highest BCUT2D eigenvalue weighted by Gasteiger charge is 2.18. The third-order valence-corrected chi connectivity index (χ3v) is 3.21. The van der Waals surface area contributed by atoms with E-state index >= 15 is 0 Å². The minimum Gasteiger partial charge on any atom is -0.494 e. The van der Waals surface area contributed by atoms with Gasteiger partial charge in [0.2, 0.25) is 5.88 Å². The summed E-state index contributed by atoms with van der Waals surface area (Å²) in [7, 11) is 0. The maximum Gasteiger partial charge on any atom is 0.276 e. The van der Waals surface area contributed by atoms with Gasteiger partial charge in [-0.15, -0.1) is 0 Å². The monoisotopic (exact) mass is 254 g/mol. The molecule has 0 saturated carbocycles. The van der Waals surface area contributed by atoms with Gasteiger partial charge in [0.1, 0.15) is 11.6 Å². The summed E-state index contributed by atoms with van der Waals surface area (Å²) in [6.45, 7) is 3.57. The first-order chi connectivity index (χ1) is 9.11. The fourth-order valence-corrected chi connectivity index (χ4v) is 2.19. The summed E-state index contributed by atoms with van der Waals surface area (Å²) in [6, 6.07) is 10.7. The van der Waals surface area contributed by atoms with Crippen LogP contribution >= 0.6 is 0 Å². The first-order valence-electron chi connectivity index (χ1n) is 6.04. The van der Waals surface area contributed by atoms with Crippen molar-refractivity contribution in [3.63, 3.8) is 0 Å². The molecule has 0 atom stereocenters. The first kappa shape index (κ1) is 12.9. The Morgan fingerprint density at radius 1 is 1.32 bits per heavy atom. The van der Waals surface area contributed by atoms with Gasteiger partial charge in [-0.2, -0.15) is 5.26 Å². The normalized spacial score (nSPS) is 10.2. The molecule has 0 aliphatic rings. The lowest BCUT2D eigenvalue weighted by molar-refractivity contribution is 0.427. The van der Waals surface area contributed by atoms with Crippen LogP contribution in [-0.4, -0.2) is 9.67 Å². The Labute approximate surface area is 111 Å². The minimum atomic E-state index is -0.485. The van der Waals surface area contributed by atoms with Gasteiger partial charge in [-0.3, -0.25) is 4.79 Å². The Balaban J connectivity index is 2.90. The van der Waals surface area contributed by atoms with Crippen LogP contribution in [0.5, 0.6) is 5.88 Å². The number of hydrogen-bond donors (Lipinski definition) is 1. The number of aromatic nitrogens is 1. The summed E-state index contributed by atoms with van der Waals surface area (Å²) in [5, 5.41) is 19.4. The molecule has 2 rings (SSSR count). The second-order valence-electron chi connectivity index (χ2n) is 4.24. The van der Waals surface area contributed by atoms with Crippen molar-refractivity contribution in [3.8, 4) is 17.6 Å². The van der Waals surface area contributed by atoms with Gasteiger partial charge in [-0.25, -0.2) is 4.57 Å². The second-order valence-corrected chi connectivity index (χ2v) is 4.24. The van der Waals surface area contributed by atoms with Gasteiger partial charge in [0, 0.05) is 5.56 Å². The molecule has 2 aromatic rings. The van der Waals surface area contributed by atoms with Crippen molar-refractivity contribution >= 4 is 0 Å². The number of rotatable bonds is 2. The van der Waals surface area contributed by atoms with E-state index in [2.05, 4.69) is 0 Å². The van der Waals surface area contributed by atoms with E-state index in [1.165, 1.54) is 4.57 Å². The SMILES string of the molecule is CCc1c(C)c(C#N)c(=O)n(-c2ccccc2)c1O. The molecule has 4 heteroatoms. The zero-order valence-electron chi connectivity index (χ0n) is 10.8. The number of aromatic hydroxyl groups is 1. The highest BCUT2D eigenvalue weighted by atomic mass is 16.3. The predicted molar refractivity (Wildman–Crippen MR) is 72.5 cm³/mol. The molecular formula is C15H14N2O2. The van der Waals surface area contributed by atoms with Crippen LogP contribution in [-0.2, 0) is 6.42 Å². The average Bonchev–Trinajstić information content (AvgIpc) is 2.41. The van der Waals surface area contributed by atoms with Gasteiger partial charge in [0.25, 0.3) is 5.56 Å². The molecule has 1 N–H and O–H groups in total. The first-order valence-corrected chi connectivity index (χ1v) is 6.04. The van der Waals surface area contributed by atoms with Gasteiger partial charge >= 0.3 is 0 Å². The molecule has 4 nitrogen and oxygen atoms in total. The van der Waals surface area contributed by atoms with Crippen LogP contribution in [0.15, 0.2) is 35.1 Å². The Morgan fingerprint density at radius 3 is 2.47 bits per heavy atom. The summed E-state index contributed by atoms with van der Waals surface area (Å²) in [5.41, 5.74) is 1.33. The molecule has 96 valence electrons. The van der Waals surface area contributed by atoms with Crippen LogP contribution in [0.3, 0.4) is 0 Å². The molecule has 0 spiro atoms. The molecular weight excluding hydrogens is 240 g/mol. The molecule has 0 aliphatic carbocycles. The molecule has 0 saturated heterocycles. The van der Waals surface area contributed by atoms with Crippen molar-refractivity contribution in [2.75, 3.05) is 0 Å². The van der Waals surface area contributed by atoms with Gasteiger partial charge in [0.05, 0.1) is 5.69 Å². The molecule has 0 bridgehead atoms. The van der Waals surface area contributed by atoms with Crippen LogP contribution < -0.4 is 5.56 Å². The van der Waals surface area contributed by atoms with Crippen LogP contribution in [0.4, 0.5) is 0 Å². The number of nitrogens with zero attached hydrogens (tertiary/aromatic N) is 2. The molecule has 0 amide bonds. The van der Waals surface area contributed by atoms with E-state index < -0.39 is 5.56 Å². The summed E-state index contributed by atoms with van der Waals surface area (Å²) in [4.78, 5) is 12.3. The predicted octanol–water partition coefficient (Wildman–Crippen LogP) is 2.29. The lowest BCUT2D eigenvalue weighted by atomic mass is 10.0. The fraction of sp³-hybridized carbons (Fsp3) is 0.200. The summed E-state index contributed by atoms with van der Waals surface area (Å²) >= 11 is 0. The van der Waals surface area contributed by atoms with Crippen molar-refractivity contribution < 1.29 is 5.11 Å². The Bertz CT molecular complexity index is 710. The van der Waals surface area contributed by atoms with E-state index in [0.29, 0.717) is 23.2 Å². The fourth-order valence-electron chi connectivity index (χ4n) is 2.19. The average molecular weight is 254 g/mol. The third kappa shape index (κ3) is 2.00. The van der Waals surface area contributed by atoms with Crippen LogP contribution in [0, 0.1) is 18.3 Å². The smallest absolute Gasteiger partial charge is 0.276 e. The van der Waals surface area contributed by atoms with Crippen LogP contribution in [0.25, 0.3) is 5.69 Å². The van der Waals surface area contributed by atoms with Gasteiger partial charge < -0.3 is 5.11 Å². The number of nitriles is 1.